The molecule has 1 heterocycles. The van der Waals surface area contributed by atoms with Crippen molar-refractivity contribution in [3.8, 4) is 11.4 Å². The fourth-order valence-electron chi connectivity index (χ4n) is 2.46. The zero-order valence-electron chi connectivity index (χ0n) is 14.3. The monoisotopic (exact) mass is 372 g/mol. The average Bonchev–Trinajstić information content (AvgIpc) is 3.07. The van der Waals surface area contributed by atoms with Gasteiger partial charge in [-0.3, -0.25) is 4.79 Å². The number of rotatable bonds is 6. The molecule has 0 unspecified atom stereocenters. The standard InChI is InChI=1S/C18H17ClN4O3/c1-25-11-15-17(18(24)20-14-5-3-4-6-16(14)26-2)21-22-23(15)13-9-7-12(19)8-10-13/h3-10H,11H2,1-2H3,(H,20,24). The predicted molar refractivity (Wildman–Crippen MR) is 98.0 cm³/mol. The number of anilines is 1. The number of ether oxygens (including phenoxy) is 2. The summed E-state index contributed by atoms with van der Waals surface area (Å²) in [6, 6.07) is 14.2. The summed E-state index contributed by atoms with van der Waals surface area (Å²) in [7, 11) is 3.08. The van der Waals surface area contributed by atoms with Crippen LogP contribution in [0.15, 0.2) is 48.5 Å². The van der Waals surface area contributed by atoms with Crippen molar-refractivity contribution in [2.24, 2.45) is 0 Å². The minimum atomic E-state index is -0.401. The number of nitrogens with zero attached hydrogens (tertiary/aromatic N) is 3. The largest absolute Gasteiger partial charge is 0.495 e. The van der Waals surface area contributed by atoms with Gasteiger partial charge in [0.05, 0.1) is 25.1 Å². The van der Waals surface area contributed by atoms with E-state index in [0.717, 1.165) is 5.69 Å². The molecule has 0 atom stereocenters. The number of methoxy groups -OCH3 is 2. The van der Waals surface area contributed by atoms with Gasteiger partial charge < -0.3 is 14.8 Å². The van der Waals surface area contributed by atoms with Crippen LogP contribution in [0, 0.1) is 0 Å². The van der Waals surface area contributed by atoms with Crippen LogP contribution in [0.1, 0.15) is 16.2 Å². The Kier molecular flexibility index (Phi) is 5.50. The molecule has 0 bridgehead atoms. The molecular weight excluding hydrogens is 356 g/mol. The van der Waals surface area contributed by atoms with Crippen molar-refractivity contribution >= 4 is 23.2 Å². The van der Waals surface area contributed by atoms with Crippen LogP contribution < -0.4 is 10.1 Å². The van der Waals surface area contributed by atoms with Crippen molar-refractivity contribution in [1.82, 2.24) is 15.0 Å². The number of amides is 1. The molecule has 8 heteroatoms. The molecule has 1 aromatic heterocycles. The fraction of sp³-hybridized carbons (Fsp3) is 0.167. The van der Waals surface area contributed by atoms with Crippen molar-refractivity contribution in [2.75, 3.05) is 19.5 Å². The number of carbonyl (C=O) groups excluding carboxylic acids is 1. The maximum absolute atomic E-state index is 12.7. The molecule has 26 heavy (non-hydrogen) atoms. The Morgan fingerprint density at radius 2 is 1.88 bits per heavy atom. The maximum atomic E-state index is 12.7. The summed E-state index contributed by atoms with van der Waals surface area (Å²) in [6.45, 7) is 0.171. The van der Waals surface area contributed by atoms with E-state index < -0.39 is 5.91 Å². The van der Waals surface area contributed by atoms with Crippen molar-refractivity contribution in [3.63, 3.8) is 0 Å². The molecule has 1 amide bonds. The highest BCUT2D eigenvalue weighted by atomic mass is 35.5. The van der Waals surface area contributed by atoms with E-state index in [1.807, 2.05) is 6.07 Å². The van der Waals surface area contributed by atoms with Gasteiger partial charge in [0.25, 0.3) is 5.91 Å². The van der Waals surface area contributed by atoms with Gasteiger partial charge in [-0.1, -0.05) is 28.9 Å². The smallest absolute Gasteiger partial charge is 0.278 e. The molecule has 0 radical (unpaired) electrons. The van der Waals surface area contributed by atoms with E-state index in [9.17, 15) is 4.79 Å². The van der Waals surface area contributed by atoms with E-state index in [4.69, 9.17) is 21.1 Å². The maximum Gasteiger partial charge on any atom is 0.278 e. The molecule has 3 aromatic rings. The first-order chi connectivity index (χ1) is 12.6. The first-order valence-corrected chi connectivity index (χ1v) is 8.15. The topological polar surface area (TPSA) is 78.3 Å². The van der Waals surface area contributed by atoms with Gasteiger partial charge in [-0.15, -0.1) is 5.10 Å². The number of para-hydroxylation sites is 2. The summed E-state index contributed by atoms with van der Waals surface area (Å²) in [5.41, 5.74) is 1.98. The van der Waals surface area contributed by atoms with Gasteiger partial charge in [-0.05, 0) is 36.4 Å². The van der Waals surface area contributed by atoms with Gasteiger partial charge in [0.15, 0.2) is 5.69 Å². The third kappa shape index (κ3) is 3.68. The van der Waals surface area contributed by atoms with Gasteiger partial charge in [-0.2, -0.15) is 0 Å². The minimum absolute atomic E-state index is 0.171. The number of aromatic nitrogens is 3. The normalized spacial score (nSPS) is 10.6. The number of carbonyl (C=O) groups is 1. The quantitative estimate of drug-likeness (QED) is 0.718. The highest BCUT2D eigenvalue weighted by Crippen LogP contribution is 2.24. The average molecular weight is 373 g/mol. The molecule has 0 aliphatic carbocycles. The van der Waals surface area contributed by atoms with Crippen LogP contribution >= 0.6 is 11.6 Å². The second-order valence-corrected chi connectivity index (χ2v) is 5.80. The summed E-state index contributed by atoms with van der Waals surface area (Å²) in [4.78, 5) is 12.7. The lowest BCUT2D eigenvalue weighted by Crippen LogP contribution is -2.16. The number of halogens is 1. The van der Waals surface area contributed by atoms with Gasteiger partial charge in [0.2, 0.25) is 0 Å². The van der Waals surface area contributed by atoms with E-state index in [-0.39, 0.29) is 12.3 Å². The lowest BCUT2D eigenvalue weighted by molar-refractivity contribution is 0.101. The first-order valence-electron chi connectivity index (χ1n) is 7.78. The minimum Gasteiger partial charge on any atom is -0.495 e. The third-order valence-corrected chi connectivity index (χ3v) is 3.94. The molecule has 134 valence electrons. The lowest BCUT2D eigenvalue weighted by atomic mass is 10.2. The zero-order chi connectivity index (χ0) is 18.5. The van der Waals surface area contributed by atoms with Crippen molar-refractivity contribution < 1.29 is 14.3 Å². The van der Waals surface area contributed by atoms with Crippen LogP contribution in [0.4, 0.5) is 5.69 Å². The van der Waals surface area contributed by atoms with Gasteiger partial charge >= 0.3 is 0 Å². The van der Waals surface area contributed by atoms with Crippen LogP contribution in [-0.4, -0.2) is 35.1 Å². The van der Waals surface area contributed by atoms with E-state index in [0.29, 0.717) is 22.2 Å². The number of hydrogen-bond donors (Lipinski definition) is 1. The summed E-state index contributed by atoms with van der Waals surface area (Å²) < 4.78 is 12.0. The molecule has 3 rings (SSSR count). The van der Waals surface area contributed by atoms with E-state index in [2.05, 4.69) is 15.6 Å². The summed E-state index contributed by atoms with van der Waals surface area (Å²) in [5.74, 6) is 0.154. The molecule has 0 saturated carbocycles. The first kappa shape index (κ1) is 17.9. The van der Waals surface area contributed by atoms with Crippen LogP contribution in [0.5, 0.6) is 5.75 Å². The molecular formula is C18H17ClN4O3. The zero-order valence-corrected chi connectivity index (χ0v) is 15.0. The molecule has 1 N–H and O–H groups in total. The van der Waals surface area contributed by atoms with Gasteiger partial charge in [0.1, 0.15) is 11.4 Å². The van der Waals surface area contributed by atoms with Crippen molar-refractivity contribution in [2.45, 2.75) is 6.61 Å². The summed E-state index contributed by atoms with van der Waals surface area (Å²) >= 11 is 5.93. The van der Waals surface area contributed by atoms with E-state index in [1.165, 1.54) is 7.11 Å². The van der Waals surface area contributed by atoms with Crippen molar-refractivity contribution in [3.05, 3.63) is 64.9 Å². The highest BCUT2D eigenvalue weighted by molar-refractivity contribution is 6.30. The van der Waals surface area contributed by atoms with Crippen LogP contribution in [-0.2, 0) is 11.3 Å². The molecule has 0 aliphatic rings. The Morgan fingerprint density at radius 1 is 1.15 bits per heavy atom. The van der Waals surface area contributed by atoms with Gasteiger partial charge in [-0.25, -0.2) is 4.68 Å². The SMILES string of the molecule is COCc1c(C(=O)Nc2ccccc2OC)nnn1-c1ccc(Cl)cc1. The third-order valence-electron chi connectivity index (χ3n) is 3.69. The molecule has 2 aromatic carbocycles. The number of hydrogen-bond acceptors (Lipinski definition) is 5. The Morgan fingerprint density at radius 3 is 2.58 bits per heavy atom. The van der Waals surface area contributed by atoms with E-state index in [1.54, 1.807) is 54.3 Å². The molecule has 7 nitrogen and oxygen atoms in total. The second-order valence-electron chi connectivity index (χ2n) is 5.36. The number of benzene rings is 2. The Bertz CT molecular complexity index is 909. The molecule has 0 fully saturated rings. The molecule has 0 aliphatic heterocycles. The predicted octanol–water partition coefficient (Wildman–Crippen LogP) is 3.33. The Labute approximate surface area is 155 Å². The fourth-order valence-corrected chi connectivity index (χ4v) is 2.59. The summed E-state index contributed by atoms with van der Waals surface area (Å²) in [5, 5.41) is 11.5. The van der Waals surface area contributed by atoms with Crippen LogP contribution in [0.2, 0.25) is 5.02 Å². The van der Waals surface area contributed by atoms with Gasteiger partial charge in [0, 0.05) is 12.1 Å². The van der Waals surface area contributed by atoms with Crippen molar-refractivity contribution in [1.29, 1.82) is 0 Å². The Balaban J connectivity index is 1.94. The summed E-state index contributed by atoms with van der Waals surface area (Å²) in [6.07, 6.45) is 0. The second kappa shape index (κ2) is 7.99. The lowest BCUT2D eigenvalue weighted by Gasteiger charge is -2.10. The number of nitrogens with one attached hydrogen (secondary N) is 1. The molecule has 0 saturated heterocycles. The van der Waals surface area contributed by atoms with E-state index >= 15 is 0 Å². The molecule has 0 spiro atoms. The van der Waals surface area contributed by atoms with Crippen LogP contribution in [0.25, 0.3) is 5.69 Å². The Hall–Kier alpha value is -2.90. The van der Waals surface area contributed by atoms with Crippen LogP contribution in [0.3, 0.4) is 0 Å². The highest BCUT2D eigenvalue weighted by Gasteiger charge is 2.21.